The first-order valence-corrected chi connectivity index (χ1v) is 5.44. The van der Waals surface area contributed by atoms with Gasteiger partial charge in [-0.15, -0.1) is 0 Å². The molecule has 0 aliphatic carbocycles. The van der Waals surface area contributed by atoms with E-state index in [1.807, 2.05) is 18.7 Å². The van der Waals surface area contributed by atoms with E-state index in [1.54, 1.807) is 0 Å². The van der Waals surface area contributed by atoms with Gasteiger partial charge in [-0.3, -0.25) is 4.68 Å². The maximum Gasteiger partial charge on any atom is 0.114 e. The van der Waals surface area contributed by atoms with Crippen molar-refractivity contribution < 1.29 is 4.39 Å². The van der Waals surface area contributed by atoms with Gasteiger partial charge in [0.25, 0.3) is 0 Å². The molecular weight excluding hydrogens is 193 g/mol. The quantitative estimate of drug-likeness (QED) is 0.798. The van der Waals surface area contributed by atoms with Gasteiger partial charge in [0, 0.05) is 25.3 Å². The van der Waals surface area contributed by atoms with Crippen LogP contribution in [0.4, 0.5) is 4.39 Å². The Balaban J connectivity index is 2.10. The second-order valence-corrected chi connectivity index (χ2v) is 4.42. The number of halogens is 1. The minimum absolute atomic E-state index is 0.279. The van der Waals surface area contributed by atoms with Crippen molar-refractivity contribution in [2.24, 2.45) is 7.05 Å². The van der Waals surface area contributed by atoms with Crippen molar-refractivity contribution in [1.82, 2.24) is 15.1 Å². The third kappa shape index (κ3) is 2.04. The van der Waals surface area contributed by atoms with E-state index >= 15 is 0 Å². The Morgan fingerprint density at radius 2 is 2.27 bits per heavy atom. The zero-order valence-corrected chi connectivity index (χ0v) is 9.55. The van der Waals surface area contributed by atoms with E-state index in [2.05, 4.69) is 17.3 Å². The third-order valence-corrected chi connectivity index (χ3v) is 3.28. The molecule has 84 valence electrons. The van der Waals surface area contributed by atoms with Crippen LogP contribution in [0.25, 0.3) is 0 Å². The highest BCUT2D eigenvalue weighted by atomic mass is 19.1. The van der Waals surface area contributed by atoms with Crippen LogP contribution < -0.4 is 5.32 Å². The largest absolute Gasteiger partial charge is 0.311 e. The lowest BCUT2D eigenvalue weighted by Gasteiger charge is -2.09. The van der Waals surface area contributed by atoms with E-state index in [9.17, 15) is 4.39 Å². The predicted molar refractivity (Wildman–Crippen MR) is 57.7 cm³/mol. The Hall–Kier alpha value is -0.900. The number of nitrogens with one attached hydrogen (secondary N) is 1. The van der Waals surface area contributed by atoms with Gasteiger partial charge in [0.05, 0.1) is 5.69 Å². The van der Waals surface area contributed by atoms with Crippen molar-refractivity contribution in [1.29, 1.82) is 0 Å². The molecule has 1 aromatic heterocycles. The van der Waals surface area contributed by atoms with Crippen LogP contribution in [0.5, 0.6) is 0 Å². The summed E-state index contributed by atoms with van der Waals surface area (Å²) in [5, 5.41) is 7.57. The summed E-state index contributed by atoms with van der Waals surface area (Å²) in [5.74, 6) is 0. The Morgan fingerprint density at radius 3 is 2.73 bits per heavy atom. The first-order chi connectivity index (χ1) is 7.08. The minimum Gasteiger partial charge on any atom is -0.311 e. The second-order valence-electron chi connectivity index (χ2n) is 4.42. The van der Waals surface area contributed by atoms with E-state index in [0.29, 0.717) is 13.0 Å². The summed E-state index contributed by atoms with van der Waals surface area (Å²) < 4.78 is 14.9. The van der Waals surface area contributed by atoms with Crippen molar-refractivity contribution in [2.45, 2.75) is 38.9 Å². The zero-order chi connectivity index (χ0) is 11.0. The van der Waals surface area contributed by atoms with Crippen LogP contribution in [-0.2, 0) is 13.5 Å². The van der Waals surface area contributed by atoms with E-state index in [4.69, 9.17) is 0 Å². The molecule has 1 aromatic rings. The average Bonchev–Trinajstić information content (AvgIpc) is 2.67. The minimum atomic E-state index is -0.674. The van der Waals surface area contributed by atoms with Crippen molar-refractivity contribution in [2.75, 3.05) is 6.54 Å². The Kier molecular flexibility index (Phi) is 2.78. The van der Waals surface area contributed by atoms with Crippen molar-refractivity contribution in [3.05, 3.63) is 17.0 Å². The maximum absolute atomic E-state index is 13.0. The van der Waals surface area contributed by atoms with Gasteiger partial charge in [0.2, 0.25) is 0 Å². The molecule has 4 heteroatoms. The van der Waals surface area contributed by atoms with Crippen LogP contribution in [0, 0.1) is 13.8 Å². The standard InChI is InChI=1S/C11H18FN3/c1-7-11(8(2)15(3)14-7)5-10-4-9(12)6-13-10/h9-10,13H,4-6H2,1-3H3. The highest BCUT2D eigenvalue weighted by molar-refractivity contribution is 5.25. The average molecular weight is 211 g/mol. The lowest BCUT2D eigenvalue weighted by Crippen LogP contribution is -2.24. The Labute approximate surface area is 89.7 Å². The lowest BCUT2D eigenvalue weighted by molar-refractivity contribution is 0.355. The first-order valence-electron chi connectivity index (χ1n) is 5.44. The fourth-order valence-corrected chi connectivity index (χ4v) is 2.28. The van der Waals surface area contributed by atoms with Gasteiger partial charge >= 0.3 is 0 Å². The molecule has 1 aliphatic heterocycles. The van der Waals surface area contributed by atoms with Gasteiger partial charge in [0.1, 0.15) is 6.17 Å². The maximum atomic E-state index is 13.0. The molecule has 2 unspecified atom stereocenters. The monoisotopic (exact) mass is 211 g/mol. The van der Waals surface area contributed by atoms with Crippen LogP contribution in [0.15, 0.2) is 0 Å². The van der Waals surface area contributed by atoms with E-state index in [1.165, 1.54) is 11.3 Å². The molecule has 1 N–H and O–H groups in total. The molecule has 1 saturated heterocycles. The van der Waals surface area contributed by atoms with Crippen LogP contribution >= 0.6 is 0 Å². The van der Waals surface area contributed by atoms with Crippen molar-refractivity contribution in [3.8, 4) is 0 Å². The van der Waals surface area contributed by atoms with Crippen LogP contribution in [-0.4, -0.2) is 28.5 Å². The van der Waals surface area contributed by atoms with E-state index in [-0.39, 0.29) is 6.04 Å². The fourth-order valence-electron chi connectivity index (χ4n) is 2.28. The number of aryl methyl sites for hydroxylation is 2. The summed E-state index contributed by atoms with van der Waals surface area (Å²) >= 11 is 0. The third-order valence-electron chi connectivity index (χ3n) is 3.28. The molecule has 0 amide bonds. The summed E-state index contributed by atoms with van der Waals surface area (Å²) in [6, 6.07) is 0.279. The normalized spacial score (nSPS) is 26.1. The van der Waals surface area contributed by atoms with Crippen LogP contribution in [0.2, 0.25) is 0 Å². The topological polar surface area (TPSA) is 29.9 Å². The SMILES string of the molecule is Cc1nn(C)c(C)c1CC1CC(F)CN1. The highest BCUT2D eigenvalue weighted by Crippen LogP contribution is 2.19. The molecule has 1 aliphatic rings. The van der Waals surface area contributed by atoms with Gasteiger partial charge in [-0.1, -0.05) is 0 Å². The molecule has 1 fully saturated rings. The molecule has 3 nitrogen and oxygen atoms in total. The molecule has 0 radical (unpaired) electrons. The number of alkyl halides is 1. The van der Waals surface area contributed by atoms with Crippen molar-refractivity contribution >= 4 is 0 Å². The molecule has 0 aromatic carbocycles. The van der Waals surface area contributed by atoms with Gasteiger partial charge in [0.15, 0.2) is 0 Å². The molecule has 2 rings (SSSR count). The number of nitrogens with zero attached hydrogens (tertiary/aromatic N) is 2. The van der Waals surface area contributed by atoms with Gasteiger partial charge < -0.3 is 5.32 Å². The molecule has 0 spiro atoms. The molecule has 2 atom stereocenters. The number of hydrogen-bond acceptors (Lipinski definition) is 2. The predicted octanol–water partition coefficient (Wildman–Crippen LogP) is 1.28. The fraction of sp³-hybridized carbons (Fsp3) is 0.727. The molecule has 0 bridgehead atoms. The highest BCUT2D eigenvalue weighted by Gasteiger charge is 2.25. The Morgan fingerprint density at radius 1 is 1.53 bits per heavy atom. The summed E-state index contributed by atoms with van der Waals surface area (Å²) in [4.78, 5) is 0. The molecule has 2 heterocycles. The van der Waals surface area contributed by atoms with Gasteiger partial charge in [-0.05, 0) is 32.3 Å². The van der Waals surface area contributed by atoms with Gasteiger partial charge in [-0.2, -0.15) is 5.10 Å². The van der Waals surface area contributed by atoms with Crippen molar-refractivity contribution in [3.63, 3.8) is 0 Å². The van der Waals surface area contributed by atoms with Crippen LogP contribution in [0.3, 0.4) is 0 Å². The van der Waals surface area contributed by atoms with Crippen LogP contribution in [0.1, 0.15) is 23.4 Å². The molecule has 0 saturated carbocycles. The van der Waals surface area contributed by atoms with E-state index < -0.39 is 6.17 Å². The lowest BCUT2D eigenvalue weighted by atomic mass is 10.0. The molecular formula is C11H18FN3. The summed E-state index contributed by atoms with van der Waals surface area (Å²) in [6.07, 6.45) is 0.854. The van der Waals surface area contributed by atoms with Gasteiger partial charge in [-0.25, -0.2) is 4.39 Å². The summed E-state index contributed by atoms with van der Waals surface area (Å²) in [5.41, 5.74) is 3.53. The van der Waals surface area contributed by atoms with E-state index in [0.717, 1.165) is 12.1 Å². The number of aromatic nitrogens is 2. The second kappa shape index (κ2) is 3.93. The molecule has 15 heavy (non-hydrogen) atoms. The summed E-state index contributed by atoms with van der Waals surface area (Å²) in [6.45, 7) is 4.59. The summed E-state index contributed by atoms with van der Waals surface area (Å²) in [7, 11) is 1.95. The Bertz CT molecular complexity index is 359. The number of hydrogen-bond donors (Lipinski definition) is 1. The smallest absolute Gasteiger partial charge is 0.114 e. The first kappa shape index (κ1) is 10.6. The number of rotatable bonds is 2. The zero-order valence-electron chi connectivity index (χ0n) is 9.55.